The molecular weight excluding hydrogens is 202 g/mol. The number of rotatable bonds is 6. The fraction of sp³-hybridized carbons (Fsp3) is 0.462. The normalized spacial score (nSPS) is 9.56. The summed E-state index contributed by atoms with van der Waals surface area (Å²) in [7, 11) is 0. The second kappa shape index (κ2) is 6.73. The molecule has 0 atom stereocenters. The van der Waals surface area contributed by atoms with E-state index in [0.29, 0.717) is 30.3 Å². The third-order valence-electron chi connectivity index (χ3n) is 2.14. The predicted octanol–water partition coefficient (Wildman–Crippen LogP) is 3.14. The van der Waals surface area contributed by atoms with E-state index < -0.39 is 0 Å². The Hall–Kier alpha value is -1.69. The van der Waals surface area contributed by atoms with Crippen LogP contribution in [-0.2, 0) is 0 Å². The average molecular weight is 219 g/mol. The molecule has 1 aromatic carbocycles. The van der Waals surface area contributed by atoms with Gasteiger partial charge >= 0.3 is 0 Å². The molecule has 0 N–H and O–H groups in total. The second-order valence-corrected chi connectivity index (χ2v) is 3.38. The van der Waals surface area contributed by atoms with Crippen LogP contribution in [0, 0.1) is 11.3 Å². The Morgan fingerprint density at radius 1 is 1.25 bits per heavy atom. The van der Waals surface area contributed by atoms with Crippen molar-refractivity contribution in [2.75, 3.05) is 13.2 Å². The van der Waals surface area contributed by atoms with Gasteiger partial charge in [-0.1, -0.05) is 19.4 Å². The van der Waals surface area contributed by atoms with Gasteiger partial charge in [-0.15, -0.1) is 0 Å². The summed E-state index contributed by atoms with van der Waals surface area (Å²) in [6, 6.07) is 7.48. The monoisotopic (exact) mass is 219 g/mol. The number of ether oxygens (including phenoxy) is 2. The van der Waals surface area contributed by atoms with Crippen LogP contribution < -0.4 is 9.47 Å². The topological polar surface area (TPSA) is 42.2 Å². The maximum Gasteiger partial charge on any atom is 0.178 e. The zero-order chi connectivity index (χ0) is 11.8. The number of benzene rings is 1. The molecule has 0 fully saturated rings. The number of nitrogens with zero attached hydrogens (tertiary/aromatic N) is 1. The van der Waals surface area contributed by atoms with Crippen LogP contribution in [0.3, 0.4) is 0 Å². The highest BCUT2D eigenvalue weighted by atomic mass is 16.5. The molecule has 0 radical (unpaired) electrons. The maximum atomic E-state index is 8.98. The van der Waals surface area contributed by atoms with Gasteiger partial charge in [-0.3, -0.25) is 0 Å². The zero-order valence-electron chi connectivity index (χ0n) is 9.82. The smallest absolute Gasteiger partial charge is 0.178 e. The predicted molar refractivity (Wildman–Crippen MR) is 62.7 cm³/mol. The third-order valence-corrected chi connectivity index (χ3v) is 2.14. The van der Waals surface area contributed by atoms with Crippen molar-refractivity contribution in [1.82, 2.24) is 0 Å². The van der Waals surface area contributed by atoms with Gasteiger partial charge in [0.1, 0.15) is 6.07 Å². The molecule has 0 aliphatic carbocycles. The van der Waals surface area contributed by atoms with Gasteiger partial charge in [0.2, 0.25) is 0 Å². The summed E-state index contributed by atoms with van der Waals surface area (Å²) in [6.07, 6.45) is 2.05. The average Bonchev–Trinajstić information content (AvgIpc) is 2.31. The Kier molecular flexibility index (Phi) is 5.21. The number of nitriles is 1. The van der Waals surface area contributed by atoms with E-state index in [1.807, 2.05) is 13.0 Å². The minimum Gasteiger partial charge on any atom is -0.490 e. The van der Waals surface area contributed by atoms with E-state index in [2.05, 4.69) is 13.0 Å². The van der Waals surface area contributed by atoms with Crippen LogP contribution in [0.1, 0.15) is 32.3 Å². The molecular formula is C13H17NO2. The molecule has 3 nitrogen and oxygen atoms in total. The van der Waals surface area contributed by atoms with Gasteiger partial charge < -0.3 is 9.47 Å². The molecule has 0 aliphatic rings. The van der Waals surface area contributed by atoms with E-state index in [9.17, 15) is 0 Å². The van der Waals surface area contributed by atoms with Crippen molar-refractivity contribution in [2.45, 2.75) is 26.7 Å². The minimum atomic E-state index is 0.530. The second-order valence-electron chi connectivity index (χ2n) is 3.38. The van der Waals surface area contributed by atoms with Crippen LogP contribution >= 0.6 is 0 Å². The van der Waals surface area contributed by atoms with Crippen LogP contribution in [0.4, 0.5) is 0 Å². The maximum absolute atomic E-state index is 8.98. The summed E-state index contributed by atoms with van der Waals surface area (Å²) in [4.78, 5) is 0. The number of hydrogen-bond donors (Lipinski definition) is 0. The van der Waals surface area contributed by atoms with Crippen LogP contribution in [0.15, 0.2) is 18.2 Å². The lowest BCUT2D eigenvalue weighted by Gasteiger charge is -2.12. The Labute approximate surface area is 96.6 Å². The molecule has 1 aromatic rings. The highest BCUT2D eigenvalue weighted by molar-refractivity contribution is 5.52. The lowest BCUT2D eigenvalue weighted by atomic mass is 10.2. The SMILES string of the molecule is CCCCOc1c(C#N)cccc1OCC. The van der Waals surface area contributed by atoms with E-state index in [1.165, 1.54) is 0 Å². The van der Waals surface area contributed by atoms with Crippen molar-refractivity contribution < 1.29 is 9.47 Å². The summed E-state index contributed by atoms with van der Waals surface area (Å²) in [5, 5.41) is 8.98. The van der Waals surface area contributed by atoms with Crippen molar-refractivity contribution >= 4 is 0 Å². The van der Waals surface area contributed by atoms with Crippen LogP contribution in [-0.4, -0.2) is 13.2 Å². The van der Waals surface area contributed by atoms with Crippen molar-refractivity contribution in [3.8, 4) is 17.6 Å². The van der Waals surface area contributed by atoms with Crippen molar-refractivity contribution in [2.24, 2.45) is 0 Å². The Morgan fingerprint density at radius 2 is 2.06 bits per heavy atom. The zero-order valence-corrected chi connectivity index (χ0v) is 9.82. The van der Waals surface area contributed by atoms with Crippen molar-refractivity contribution in [3.05, 3.63) is 23.8 Å². The molecule has 0 heterocycles. The van der Waals surface area contributed by atoms with Gasteiger partial charge in [-0.05, 0) is 25.5 Å². The summed E-state index contributed by atoms with van der Waals surface area (Å²) in [6.45, 7) is 5.20. The van der Waals surface area contributed by atoms with Crippen molar-refractivity contribution in [1.29, 1.82) is 5.26 Å². The highest BCUT2D eigenvalue weighted by Crippen LogP contribution is 2.30. The van der Waals surface area contributed by atoms with E-state index in [-0.39, 0.29) is 0 Å². The van der Waals surface area contributed by atoms with Gasteiger partial charge in [0.15, 0.2) is 11.5 Å². The molecule has 86 valence electrons. The molecule has 0 unspecified atom stereocenters. The number of hydrogen-bond acceptors (Lipinski definition) is 3. The number of para-hydroxylation sites is 1. The molecule has 0 aromatic heterocycles. The minimum absolute atomic E-state index is 0.530. The Bertz CT molecular complexity index is 369. The van der Waals surface area contributed by atoms with Gasteiger partial charge in [0.05, 0.1) is 18.8 Å². The lowest BCUT2D eigenvalue weighted by molar-refractivity contribution is 0.272. The largest absolute Gasteiger partial charge is 0.490 e. The Morgan fingerprint density at radius 3 is 2.69 bits per heavy atom. The molecule has 0 aliphatic heterocycles. The molecule has 3 heteroatoms. The van der Waals surface area contributed by atoms with Crippen LogP contribution in [0.2, 0.25) is 0 Å². The van der Waals surface area contributed by atoms with Gasteiger partial charge in [0, 0.05) is 0 Å². The Balaban J connectivity index is 2.87. The first-order valence-corrected chi connectivity index (χ1v) is 5.62. The fourth-order valence-electron chi connectivity index (χ4n) is 1.34. The van der Waals surface area contributed by atoms with E-state index in [4.69, 9.17) is 14.7 Å². The summed E-state index contributed by atoms with van der Waals surface area (Å²) >= 11 is 0. The molecule has 1 rings (SSSR count). The first-order chi connectivity index (χ1) is 7.83. The molecule has 0 bridgehead atoms. The van der Waals surface area contributed by atoms with Crippen LogP contribution in [0.5, 0.6) is 11.5 Å². The fourth-order valence-corrected chi connectivity index (χ4v) is 1.34. The number of unbranched alkanes of at least 4 members (excludes halogenated alkanes) is 1. The standard InChI is InChI=1S/C13H17NO2/c1-3-5-9-16-13-11(10-14)7-6-8-12(13)15-4-2/h6-8H,3-5,9H2,1-2H3. The molecule has 0 saturated carbocycles. The quantitative estimate of drug-likeness (QED) is 0.690. The first-order valence-electron chi connectivity index (χ1n) is 5.62. The summed E-state index contributed by atoms with van der Waals surface area (Å²) in [5.41, 5.74) is 0.530. The van der Waals surface area contributed by atoms with E-state index in [1.54, 1.807) is 12.1 Å². The van der Waals surface area contributed by atoms with Crippen LogP contribution in [0.25, 0.3) is 0 Å². The molecule has 0 saturated heterocycles. The molecule has 0 spiro atoms. The van der Waals surface area contributed by atoms with E-state index in [0.717, 1.165) is 12.8 Å². The third kappa shape index (κ3) is 3.16. The van der Waals surface area contributed by atoms with Gasteiger partial charge in [0.25, 0.3) is 0 Å². The molecule has 0 amide bonds. The van der Waals surface area contributed by atoms with Gasteiger partial charge in [-0.25, -0.2) is 0 Å². The summed E-state index contributed by atoms with van der Waals surface area (Å²) < 4.78 is 11.0. The lowest BCUT2D eigenvalue weighted by Crippen LogP contribution is -2.02. The summed E-state index contributed by atoms with van der Waals surface area (Å²) in [5.74, 6) is 1.22. The first kappa shape index (κ1) is 12.4. The van der Waals surface area contributed by atoms with Crippen molar-refractivity contribution in [3.63, 3.8) is 0 Å². The molecule has 16 heavy (non-hydrogen) atoms. The van der Waals surface area contributed by atoms with E-state index >= 15 is 0 Å². The van der Waals surface area contributed by atoms with Gasteiger partial charge in [-0.2, -0.15) is 5.26 Å². The highest BCUT2D eigenvalue weighted by Gasteiger charge is 2.10.